The predicted octanol–water partition coefficient (Wildman–Crippen LogP) is 3.86. The molecule has 0 heterocycles. The van der Waals surface area contributed by atoms with Crippen LogP contribution in [0.2, 0.25) is 0 Å². The Labute approximate surface area is 158 Å². The monoisotopic (exact) mass is 369 g/mol. The molecule has 0 aliphatic heterocycles. The average molecular weight is 369 g/mol. The molecule has 0 aromatic heterocycles. The Bertz CT molecular complexity index is 769. The van der Waals surface area contributed by atoms with E-state index in [1.54, 1.807) is 36.4 Å². The molecule has 142 valence electrons. The number of carbonyl (C=O) groups is 2. The second kappa shape index (κ2) is 9.16. The van der Waals surface area contributed by atoms with Gasteiger partial charge in [0.05, 0.1) is 0 Å². The highest BCUT2D eigenvalue weighted by Gasteiger charge is 2.17. The molecule has 0 saturated heterocycles. The molecule has 2 aromatic rings. The maximum absolute atomic E-state index is 12.9. The van der Waals surface area contributed by atoms with E-state index in [4.69, 9.17) is 0 Å². The molecule has 0 unspecified atom stereocenters. The van der Waals surface area contributed by atoms with Crippen molar-refractivity contribution in [2.45, 2.75) is 38.1 Å². The van der Waals surface area contributed by atoms with Gasteiger partial charge in [0, 0.05) is 23.8 Å². The topological polar surface area (TPSA) is 70.2 Å². The Kier molecular flexibility index (Phi) is 6.41. The van der Waals surface area contributed by atoms with Crippen molar-refractivity contribution in [2.24, 2.45) is 0 Å². The number of benzene rings is 2. The quantitative estimate of drug-likeness (QED) is 0.724. The van der Waals surface area contributed by atoms with Gasteiger partial charge in [0.15, 0.2) is 0 Å². The van der Waals surface area contributed by atoms with Gasteiger partial charge in [-0.3, -0.25) is 4.79 Å². The molecule has 0 spiro atoms. The molecule has 0 atom stereocenters. The second-order valence-electron chi connectivity index (χ2n) is 6.79. The lowest BCUT2D eigenvalue weighted by Gasteiger charge is -2.12. The number of hydrogen-bond donors (Lipinski definition) is 3. The summed E-state index contributed by atoms with van der Waals surface area (Å²) in [6, 6.07) is 13.0. The SMILES string of the molecule is O=C(NCCc1ccc(F)cc1)Nc1ccc(C(=O)NC2CCCC2)cc1. The number of nitrogens with one attached hydrogen (secondary N) is 3. The van der Waals surface area contributed by atoms with Crippen molar-refractivity contribution in [3.63, 3.8) is 0 Å². The van der Waals surface area contributed by atoms with E-state index >= 15 is 0 Å². The number of hydrogen-bond acceptors (Lipinski definition) is 2. The number of urea groups is 1. The van der Waals surface area contributed by atoms with Gasteiger partial charge in [-0.2, -0.15) is 0 Å². The fraction of sp³-hybridized carbons (Fsp3) is 0.333. The summed E-state index contributed by atoms with van der Waals surface area (Å²) in [6.45, 7) is 0.444. The summed E-state index contributed by atoms with van der Waals surface area (Å²) in [7, 11) is 0. The molecule has 1 aliphatic carbocycles. The standard InChI is InChI=1S/C21H24FN3O2/c22-17-9-5-15(6-10-17)13-14-23-21(27)25-19-11-7-16(8-12-19)20(26)24-18-3-1-2-4-18/h5-12,18H,1-4,13-14H2,(H,24,26)(H2,23,25,27). The number of rotatable bonds is 6. The Balaban J connectivity index is 1.42. The van der Waals surface area contributed by atoms with E-state index in [2.05, 4.69) is 16.0 Å². The van der Waals surface area contributed by atoms with Gasteiger partial charge in [-0.15, -0.1) is 0 Å². The largest absolute Gasteiger partial charge is 0.349 e. The molecule has 6 heteroatoms. The fourth-order valence-corrected chi connectivity index (χ4v) is 3.19. The minimum Gasteiger partial charge on any atom is -0.349 e. The minimum atomic E-state index is -0.319. The van der Waals surface area contributed by atoms with Gasteiger partial charge in [0.25, 0.3) is 5.91 Å². The predicted molar refractivity (Wildman–Crippen MR) is 103 cm³/mol. The van der Waals surface area contributed by atoms with E-state index in [-0.39, 0.29) is 23.8 Å². The normalized spacial score (nSPS) is 14.0. The zero-order valence-electron chi connectivity index (χ0n) is 15.1. The lowest BCUT2D eigenvalue weighted by Crippen LogP contribution is -2.32. The summed E-state index contributed by atoms with van der Waals surface area (Å²) in [6.07, 6.45) is 5.05. The summed E-state index contributed by atoms with van der Waals surface area (Å²) < 4.78 is 12.9. The zero-order valence-corrected chi connectivity index (χ0v) is 15.1. The molecule has 3 N–H and O–H groups in total. The van der Waals surface area contributed by atoms with Gasteiger partial charge in [0.2, 0.25) is 0 Å². The third kappa shape index (κ3) is 5.81. The van der Waals surface area contributed by atoms with Crippen molar-refractivity contribution in [1.29, 1.82) is 0 Å². The van der Waals surface area contributed by atoms with E-state index in [0.717, 1.165) is 18.4 Å². The Morgan fingerprint density at radius 3 is 2.30 bits per heavy atom. The molecule has 0 radical (unpaired) electrons. The molecule has 1 fully saturated rings. The van der Waals surface area contributed by atoms with Gasteiger partial charge >= 0.3 is 6.03 Å². The highest BCUT2D eigenvalue weighted by atomic mass is 19.1. The van der Waals surface area contributed by atoms with Crippen LogP contribution in [0.1, 0.15) is 41.6 Å². The second-order valence-corrected chi connectivity index (χ2v) is 6.79. The molecular weight excluding hydrogens is 345 g/mol. The number of carbonyl (C=O) groups excluding carboxylic acids is 2. The smallest absolute Gasteiger partial charge is 0.319 e. The van der Waals surface area contributed by atoms with Crippen LogP contribution in [0.25, 0.3) is 0 Å². The van der Waals surface area contributed by atoms with E-state index in [0.29, 0.717) is 24.2 Å². The first-order chi connectivity index (χ1) is 13.1. The Morgan fingerprint density at radius 2 is 1.63 bits per heavy atom. The van der Waals surface area contributed by atoms with Crippen molar-refractivity contribution in [3.05, 3.63) is 65.5 Å². The highest BCUT2D eigenvalue weighted by molar-refractivity contribution is 5.95. The summed E-state index contributed by atoms with van der Waals surface area (Å²) >= 11 is 0. The van der Waals surface area contributed by atoms with Gasteiger partial charge in [-0.05, 0) is 61.2 Å². The first kappa shape index (κ1) is 18.9. The first-order valence-electron chi connectivity index (χ1n) is 9.30. The van der Waals surface area contributed by atoms with Crippen LogP contribution in [-0.2, 0) is 6.42 Å². The highest BCUT2D eigenvalue weighted by Crippen LogP contribution is 2.18. The Hall–Kier alpha value is -2.89. The van der Waals surface area contributed by atoms with Crippen LogP contribution in [0, 0.1) is 5.82 Å². The molecule has 1 aliphatic rings. The first-order valence-corrected chi connectivity index (χ1v) is 9.30. The summed E-state index contributed by atoms with van der Waals surface area (Å²) in [5, 5.41) is 8.53. The molecule has 1 saturated carbocycles. The van der Waals surface area contributed by atoms with Gasteiger partial charge in [-0.25, -0.2) is 9.18 Å². The molecular formula is C21H24FN3O2. The third-order valence-electron chi connectivity index (χ3n) is 4.71. The van der Waals surface area contributed by atoms with Crippen molar-refractivity contribution < 1.29 is 14.0 Å². The molecule has 0 bridgehead atoms. The van der Waals surface area contributed by atoms with Gasteiger partial charge in [-0.1, -0.05) is 25.0 Å². The van der Waals surface area contributed by atoms with Crippen LogP contribution >= 0.6 is 0 Å². The molecule has 27 heavy (non-hydrogen) atoms. The minimum absolute atomic E-state index is 0.0720. The molecule has 5 nitrogen and oxygen atoms in total. The van der Waals surface area contributed by atoms with Crippen molar-refractivity contribution >= 4 is 17.6 Å². The van der Waals surface area contributed by atoms with Crippen molar-refractivity contribution in [2.75, 3.05) is 11.9 Å². The fourth-order valence-electron chi connectivity index (χ4n) is 3.19. The van der Waals surface area contributed by atoms with Crippen LogP contribution < -0.4 is 16.0 Å². The molecule has 3 amide bonds. The van der Waals surface area contributed by atoms with Crippen molar-refractivity contribution in [3.8, 4) is 0 Å². The van der Waals surface area contributed by atoms with Crippen LogP contribution in [0.5, 0.6) is 0 Å². The maximum Gasteiger partial charge on any atom is 0.319 e. The molecule has 2 aromatic carbocycles. The summed E-state index contributed by atoms with van der Waals surface area (Å²) in [5.41, 5.74) is 2.16. The number of anilines is 1. The maximum atomic E-state index is 12.9. The number of halogens is 1. The molecule has 3 rings (SSSR count). The van der Waals surface area contributed by atoms with Crippen LogP contribution in [0.15, 0.2) is 48.5 Å². The van der Waals surface area contributed by atoms with Crippen LogP contribution in [0.4, 0.5) is 14.9 Å². The Morgan fingerprint density at radius 1 is 0.963 bits per heavy atom. The van der Waals surface area contributed by atoms with E-state index in [1.165, 1.54) is 25.0 Å². The summed E-state index contributed by atoms with van der Waals surface area (Å²) in [5.74, 6) is -0.345. The van der Waals surface area contributed by atoms with Gasteiger partial charge < -0.3 is 16.0 Å². The van der Waals surface area contributed by atoms with Crippen LogP contribution in [-0.4, -0.2) is 24.5 Å². The third-order valence-corrected chi connectivity index (χ3v) is 4.71. The lowest BCUT2D eigenvalue weighted by molar-refractivity contribution is 0.0938. The number of amides is 3. The van der Waals surface area contributed by atoms with Crippen molar-refractivity contribution in [1.82, 2.24) is 10.6 Å². The van der Waals surface area contributed by atoms with E-state index in [1.807, 2.05) is 0 Å². The van der Waals surface area contributed by atoms with Crippen LogP contribution in [0.3, 0.4) is 0 Å². The zero-order chi connectivity index (χ0) is 19.1. The van der Waals surface area contributed by atoms with E-state index in [9.17, 15) is 14.0 Å². The average Bonchev–Trinajstić information content (AvgIpc) is 3.17. The van der Waals surface area contributed by atoms with Gasteiger partial charge in [0.1, 0.15) is 5.82 Å². The summed E-state index contributed by atoms with van der Waals surface area (Å²) in [4.78, 5) is 24.1. The lowest BCUT2D eigenvalue weighted by atomic mass is 10.1. The van der Waals surface area contributed by atoms with E-state index < -0.39 is 0 Å².